The van der Waals surface area contributed by atoms with Gasteiger partial charge in [0.05, 0.1) is 11.9 Å². The standard InChI is InChI=1S/C27H37F2N3O4S/c1-5-7-16-30-27(34)25(6-2)31(19-21-12-9-8-11-20(21)3)26(33)13-10-17-32(37(4,35)36)22-14-15-23(28)24(29)18-22/h8-9,11-12,14-15,18,25H,5-7,10,13,16-17,19H2,1-4H3,(H,30,34). The van der Waals surface area contributed by atoms with E-state index in [-0.39, 0.29) is 43.4 Å². The molecule has 1 N–H and O–H groups in total. The Kier molecular flexibility index (Phi) is 11.5. The van der Waals surface area contributed by atoms with Gasteiger partial charge >= 0.3 is 0 Å². The van der Waals surface area contributed by atoms with E-state index in [4.69, 9.17) is 0 Å². The summed E-state index contributed by atoms with van der Waals surface area (Å²) in [6.45, 7) is 6.47. The fourth-order valence-corrected chi connectivity index (χ4v) is 5.00. The van der Waals surface area contributed by atoms with Crippen LogP contribution < -0.4 is 9.62 Å². The molecule has 10 heteroatoms. The normalized spacial score (nSPS) is 12.2. The van der Waals surface area contributed by atoms with Crippen molar-refractivity contribution < 1.29 is 26.8 Å². The smallest absolute Gasteiger partial charge is 0.242 e. The van der Waals surface area contributed by atoms with E-state index in [0.29, 0.717) is 13.0 Å². The van der Waals surface area contributed by atoms with Gasteiger partial charge in [-0.05, 0) is 49.4 Å². The average Bonchev–Trinajstić information content (AvgIpc) is 2.84. The van der Waals surface area contributed by atoms with Crippen molar-refractivity contribution in [1.82, 2.24) is 10.2 Å². The minimum absolute atomic E-state index is 0.0210. The number of halogens is 2. The molecular weight excluding hydrogens is 500 g/mol. The zero-order chi connectivity index (χ0) is 27.6. The molecule has 1 atom stereocenters. The fourth-order valence-electron chi connectivity index (χ4n) is 4.04. The monoisotopic (exact) mass is 537 g/mol. The number of carbonyl (C=O) groups is 2. The largest absolute Gasteiger partial charge is 0.354 e. The lowest BCUT2D eigenvalue weighted by atomic mass is 10.1. The van der Waals surface area contributed by atoms with E-state index in [1.54, 1.807) is 4.90 Å². The number of sulfonamides is 1. The second-order valence-corrected chi connectivity index (χ2v) is 11.0. The van der Waals surface area contributed by atoms with Crippen molar-refractivity contribution in [3.05, 3.63) is 65.2 Å². The number of hydrogen-bond donors (Lipinski definition) is 1. The number of nitrogens with zero attached hydrogens (tertiary/aromatic N) is 2. The molecule has 0 heterocycles. The zero-order valence-electron chi connectivity index (χ0n) is 22.0. The van der Waals surface area contributed by atoms with E-state index in [9.17, 15) is 26.8 Å². The van der Waals surface area contributed by atoms with Crippen molar-refractivity contribution in [2.24, 2.45) is 0 Å². The number of nitrogens with one attached hydrogen (secondary N) is 1. The summed E-state index contributed by atoms with van der Waals surface area (Å²) in [5.41, 5.74) is 1.88. The van der Waals surface area contributed by atoms with E-state index in [1.807, 2.05) is 45.0 Å². The lowest BCUT2D eigenvalue weighted by molar-refractivity contribution is -0.141. The topological polar surface area (TPSA) is 86.8 Å². The van der Waals surface area contributed by atoms with Crippen LogP contribution in [0.3, 0.4) is 0 Å². The van der Waals surface area contributed by atoms with Gasteiger partial charge in [-0.1, -0.05) is 44.5 Å². The Morgan fingerprint density at radius 3 is 2.32 bits per heavy atom. The van der Waals surface area contributed by atoms with E-state index in [1.165, 1.54) is 6.07 Å². The SMILES string of the molecule is CCCCNC(=O)C(CC)N(Cc1ccccc1C)C(=O)CCCN(c1ccc(F)c(F)c1)S(C)(=O)=O. The molecule has 2 rings (SSSR count). The third-order valence-electron chi connectivity index (χ3n) is 6.16. The molecule has 0 aliphatic rings. The Morgan fingerprint density at radius 1 is 1.03 bits per heavy atom. The van der Waals surface area contributed by atoms with E-state index >= 15 is 0 Å². The van der Waals surface area contributed by atoms with Gasteiger partial charge in [0.2, 0.25) is 21.8 Å². The number of unbranched alkanes of at least 4 members (excludes halogenated alkanes) is 1. The molecule has 204 valence electrons. The molecule has 0 saturated heterocycles. The Balaban J connectivity index is 2.22. The van der Waals surface area contributed by atoms with Gasteiger partial charge in [-0.3, -0.25) is 13.9 Å². The van der Waals surface area contributed by atoms with E-state index in [2.05, 4.69) is 5.32 Å². The van der Waals surface area contributed by atoms with Gasteiger partial charge in [0.15, 0.2) is 11.6 Å². The summed E-state index contributed by atoms with van der Waals surface area (Å²) in [5, 5.41) is 2.91. The predicted molar refractivity (Wildman–Crippen MR) is 142 cm³/mol. The molecule has 0 spiro atoms. The van der Waals surface area contributed by atoms with Crippen LogP contribution in [-0.2, 0) is 26.2 Å². The molecular formula is C27H37F2N3O4S. The first-order chi connectivity index (χ1) is 17.5. The van der Waals surface area contributed by atoms with Crippen molar-refractivity contribution in [2.45, 2.75) is 65.5 Å². The number of amides is 2. The highest BCUT2D eigenvalue weighted by Gasteiger charge is 2.29. The van der Waals surface area contributed by atoms with Crippen LogP contribution in [0.25, 0.3) is 0 Å². The molecule has 2 amide bonds. The van der Waals surface area contributed by atoms with Crippen molar-refractivity contribution >= 4 is 27.5 Å². The van der Waals surface area contributed by atoms with Crippen LogP contribution in [0.5, 0.6) is 0 Å². The number of carbonyl (C=O) groups excluding carboxylic acids is 2. The number of aryl methyl sites for hydroxylation is 1. The number of hydrogen-bond acceptors (Lipinski definition) is 4. The predicted octanol–water partition coefficient (Wildman–Crippen LogP) is 4.54. The maximum absolute atomic E-state index is 13.7. The van der Waals surface area contributed by atoms with Gasteiger partial charge in [0.1, 0.15) is 6.04 Å². The first-order valence-corrected chi connectivity index (χ1v) is 14.4. The maximum atomic E-state index is 13.7. The first-order valence-electron chi connectivity index (χ1n) is 12.5. The van der Waals surface area contributed by atoms with Crippen LogP contribution in [0.1, 0.15) is 57.1 Å². The van der Waals surface area contributed by atoms with Crippen molar-refractivity contribution in [2.75, 3.05) is 23.7 Å². The van der Waals surface area contributed by atoms with Crippen LogP contribution in [0.4, 0.5) is 14.5 Å². The minimum Gasteiger partial charge on any atom is -0.354 e. The molecule has 0 aromatic heterocycles. The van der Waals surface area contributed by atoms with Gasteiger partial charge in [-0.25, -0.2) is 17.2 Å². The third-order valence-corrected chi connectivity index (χ3v) is 7.35. The highest BCUT2D eigenvalue weighted by molar-refractivity contribution is 7.92. The van der Waals surface area contributed by atoms with E-state index in [0.717, 1.165) is 46.7 Å². The van der Waals surface area contributed by atoms with Gasteiger partial charge in [0.25, 0.3) is 0 Å². The molecule has 0 fully saturated rings. The van der Waals surface area contributed by atoms with Crippen LogP contribution in [0.15, 0.2) is 42.5 Å². The Hall–Kier alpha value is -3.01. The summed E-state index contributed by atoms with van der Waals surface area (Å²) in [4.78, 5) is 27.9. The highest BCUT2D eigenvalue weighted by atomic mass is 32.2. The number of anilines is 1. The van der Waals surface area contributed by atoms with Gasteiger partial charge in [0, 0.05) is 32.1 Å². The molecule has 0 aliphatic heterocycles. The van der Waals surface area contributed by atoms with Gasteiger partial charge in [-0.2, -0.15) is 0 Å². The molecule has 0 aliphatic carbocycles. The highest BCUT2D eigenvalue weighted by Crippen LogP contribution is 2.22. The molecule has 2 aromatic carbocycles. The summed E-state index contributed by atoms with van der Waals surface area (Å²) in [7, 11) is -3.81. The Bertz CT molecular complexity index is 1170. The van der Waals surface area contributed by atoms with Crippen molar-refractivity contribution in [1.29, 1.82) is 0 Å². The Labute approximate surface area is 218 Å². The summed E-state index contributed by atoms with van der Waals surface area (Å²) in [5.74, 6) is -2.76. The number of rotatable bonds is 14. The van der Waals surface area contributed by atoms with Gasteiger partial charge in [-0.15, -0.1) is 0 Å². The van der Waals surface area contributed by atoms with Crippen LogP contribution in [-0.4, -0.2) is 50.5 Å². The second-order valence-electron chi connectivity index (χ2n) is 9.05. The molecule has 0 radical (unpaired) electrons. The number of benzene rings is 2. The van der Waals surface area contributed by atoms with Crippen molar-refractivity contribution in [3.63, 3.8) is 0 Å². The quantitative estimate of drug-likeness (QED) is 0.359. The molecule has 0 bridgehead atoms. The lowest BCUT2D eigenvalue weighted by Gasteiger charge is -2.31. The first kappa shape index (κ1) is 30.2. The third kappa shape index (κ3) is 8.80. The second kappa shape index (κ2) is 14.1. The minimum atomic E-state index is -3.81. The lowest BCUT2D eigenvalue weighted by Crippen LogP contribution is -2.49. The summed E-state index contributed by atoms with van der Waals surface area (Å²) in [6.07, 6.45) is 3.24. The molecule has 1 unspecified atom stereocenters. The molecule has 0 saturated carbocycles. The average molecular weight is 538 g/mol. The molecule has 7 nitrogen and oxygen atoms in total. The summed E-state index contributed by atoms with van der Waals surface area (Å²) >= 11 is 0. The van der Waals surface area contributed by atoms with Crippen LogP contribution in [0.2, 0.25) is 0 Å². The molecule has 37 heavy (non-hydrogen) atoms. The summed E-state index contributed by atoms with van der Waals surface area (Å²) in [6, 6.07) is 9.80. The van der Waals surface area contributed by atoms with Crippen molar-refractivity contribution in [3.8, 4) is 0 Å². The van der Waals surface area contributed by atoms with Crippen LogP contribution in [0, 0.1) is 18.6 Å². The van der Waals surface area contributed by atoms with E-state index < -0.39 is 27.7 Å². The van der Waals surface area contributed by atoms with Gasteiger partial charge < -0.3 is 10.2 Å². The van der Waals surface area contributed by atoms with Crippen LogP contribution >= 0.6 is 0 Å². The molecule has 2 aromatic rings. The summed E-state index contributed by atoms with van der Waals surface area (Å²) < 4.78 is 52.7. The maximum Gasteiger partial charge on any atom is 0.242 e. The Morgan fingerprint density at radius 2 is 1.73 bits per heavy atom. The zero-order valence-corrected chi connectivity index (χ0v) is 22.8. The fraction of sp³-hybridized carbons (Fsp3) is 0.481.